The van der Waals surface area contributed by atoms with Crippen molar-refractivity contribution in [1.82, 2.24) is 4.98 Å². The molecule has 0 radical (unpaired) electrons. The molecule has 3 nitrogen and oxygen atoms in total. The molecule has 0 aliphatic carbocycles. The van der Waals surface area contributed by atoms with Crippen LogP contribution in [-0.2, 0) is 0 Å². The average molecular weight is 414 g/mol. The van der Waals surface area contributed by atoms with Gasteiger partial charge >= 0.3 is 0 Å². The third-order valence-electron chi connectivity index (χ3n) is 3.49. The van der Waals surface area contributed by atoms with E-state index in [-0.39, 0.29) is 5.82 Å². The Morgan fingerprint density at radius 2 is 2.04 bits per heavy atom. The van der Waals surface area contributed by atoms with Crippen LogP contribution in [0.4, 0.5) is 10.1 Å². The van der Waals surface area contributed by atoms with Crippen molar-refractivity contribution in [2.75, 3.05) is 5.32 Å². The molecular weight excluding hydrogens is 401 g/mol. The molecule has 0 aliphatic rings. The SMILES string of the molecule is Cc1ccc(NC=C(C#N)c2nc(-c3ccc(F)cc3)cs2)c(Br)c1. The number of aryl methyl sites for hydroxylation is 1. The van der Waals surface area contributed by atoms with Crippen LogP contribution < -0.4 is 5.32 Å². The number of aromatic nitrogens is 1. The Kier molecular flexibility index (Phi) is 5.27. The Morgan fingerprint density at radius 1 is 1.28 bits per heavy atom. The van der Waals surface area contributed by atoms with Crippen LogP contribution in [-0.4, -0.2) is 4.98 Å². The van der Waals surface area contributed by atoms with E-state index in [2.05, 4.69) is 32.3 Å². The Morgan fingerprint density at radius 3 is 2.72 bits per heavy atom. The number of halogens is 2. The van der Waals surface area contributed by atoms with Crippen LogP contribution >= 0.6 is 27.3 Å². The van der Waals surface area contributed by atoms with E-state index in [1.54, 1.807) is 18.3 Å². The van der Waals surface area contributed by atoms with Crippen molar-refractivity contribution >= 4 is 38.5 Å². The van der Waals surface area contributed by atoms with E-state index in [4.69, 9.17) is 0 Å². The molecule has 0 saturated carbocycles. The first kappa shape index (κ1) is 17.3. The number of nitrogens with one attached hydrogen (secondary N) is 1. The number of nitrogens with zero attached hydrogens (tertiary/aromatic N) is 2. The van der Waals surface area contributed by atoms with E-state index in [1.165, 1.54) is 23.5 Å². The molecule has 0 atom stereocenters. The first-order chi connectivity index (χ1) is 12.1. The summed E-state index contributed by atoms with van der Waals surface area (Å²) in [6, 6.07) is 14.2. The monoisotopic (exact) mass is 413 g/mol. The maximum atomic E-state index is 13.0. The number of allylic oxidation sites excluding steroid dienone is 1. The van der Waals surface area contributed by atoms with Gasteiger partial charge in [-0.1, -0.05) is 6.07 Å². The van der Waals surface area contributed by atoms with Crippen molar-refractivity contribution in [3.63, 3.8) is 0 Å². The summed E-state index contributed by atoms with van der Waals surface area (Å²) in [6.45, 7) is 2.01. The molecule has 3 aromatic rings. The van der Waals surface area contributed by atoms with Gasteiger partial charge in [0.05, 0.1) is 11.4 Å². The number of benzene rings is 2. The van der Waals surface area contributed by atoms with E-state index in [0.29, 0.717) is 10.6 Å². The Balaban J connectivity index is 1.84. The molecule has 0 unspecified atom stereocenters. The number of thiazole rings is 1. The zero-order valence-electron chi connectivity index (χ0n) is 13.3. The molecule has 0 bridgehead atoms. The van der Waals surface area contributed by atoms with Gasteiger partial charge in [0, 0.05) is 21.6 Å². The van der Waals surface area contributed by atoms with Gasteiger partial charge in [0.15, 0.2) is 0 Å². The highest BCUT2D eigenvalue weighted by Gasteiger charge is 2.09. The first-order valence-corrected chi connectivity index (χ1v) is 9.09. The molecule has 25 heavy (non-hydrogen) atoms. The van der Waals surface area contributed by atoms with Crippen LogP contribution in [0.15, 0.2) is 58.5 Å². The van der Waals surface area contributed by atoms with Crippen molar-refractivity contribution in [3.8, 4) is 17.3 Å². The molecule has 3 rings (SSSR count). The third kappa shape index (κ3) is 4.13. The number of nitriles is 1. The van der Waals surface area contributed by atoms with E-state index >= 15 is 0 Å². The standard InChI is InChI=1S/C19H13BrFN3S/c1-12-2-7-17(16(20)8-12)23-10-14(9-22)19-24-18(11-25-19)13-3-5-15(21)6-4-13/h2-8,10-11,23H,1H3. The van der Waals surface area contributed by atoms with Crippen LogP contribution in [0, 0.1) is 24.1 Å². The highest BCUT2D eigenvalue weighted by Crippen LogP contribution is 2.27. The Hall–Kier alpha value is -2.49. The van der Waals surface area contributed by atoms with Crippen molar-refractivity contribution < 1.29 is 4.39 Å². The van der Waals surface area contributed by atoms with Crippen molar-refractivity contribution in [2.45, 2.75) is 6.92 Å². The molecule has 6 heteroatoms. The largest absolute Gasteiger partial charge is 0.359 e. The summed E-state index contributed by atoms with van der Waals surface area (Å²) in [7, 11) is 0. The lowest BCUT2D eigenvalue weighted by Gasteiger charge is -2.05. The van der Waals surface area contributed by atoms with Gasteiger partial charge in [-0.2, -0.15) is 5.26 Å². The molecule has 0 spiro atoms. The fourth-order valence-corrected chi connectivity index (χ4v) is 3.58. The molecule has 1 heterocycles. The molecule has 0 aliphatic heterocycles. The van der Waals surface area contributed by atoms with E-state index in [1.807, 2.05) is 30.5 Å². The number of hydrogen-bond donors (Lipinski definition) is 1. The van der Waals surface area contributed by atoms with E-state index in [0.717, 1.165) is 27.0 Å². The zero-order valence-corrected chi connectivity index (χ0v) is 15.7. The zero-order chi connectivity index (χ0) is 17.8. The fraction of sp³-hybridized carbons (Fsp3) is 0.0526. The second kappa shape index (κ2) is 7.60. The molecule has 1 aromatic heterocycles. The second-order valence-electron chi connectivity index (χ2n) is 5.34. The predicted octanol–water partition coefficient (Wildman–Crippen LogP) is 6.00. The summed E-state index contributed by atoms with van der Waals surface area (Å²) >= 11 is 4.87. The maximum Gasteiger partial charge on any atom is 0.136 e. The minimum absolute atomic E-state index is 0.287. The predicted molar refractivity (Wildman–Crippen MR) is 104 cm³/mol. The lowest BCUT2D eigenvalue weighted by molar-refractivity contribution is 0.628. The number of rotatable bonds is 4. The highest BCUT2D eigenvalue weighted by molar-refractivity contribution is 9.10. The normalized spacial score (nSPS) is 11.2. The first-order valence-electron chi connectivity index (χ1n) is 7.41. The van der Waals surface area contributed by atoms with Crippen molar-refractivity contribution in [2.24, 2.45) is 0 Å². The summed E-state index contributed by atoms with van der Waals surface area (Å²) in [4.78, 5) is 4.48. The van der Waals surface area contributed by atoms with E-state index in [9.17, 15) is 9.65 Å². The minimum atomic E-state index is -0.287. The summed E-state index contributed by atoms with van der Waals surface area (Å²) < 4.78 is 14.0. The van der Waals surface area contributed by atoms with Gasteiger partial charge in [0.25, 0.3) is 0 Å². The molecule has 124 valence electrons. The van der Waals surface area contributed by atoms with Gasteiger partial charge in [-0.15, -0.1) is 11.3 Å². The van der Waals surface area contributed by atoms with Crippen LogP contribution in [0.3, 0.4) is 0 Å². The van der Waals surface area contributed by atoms with Crippen LogP contribution in [0.5, 0.6) is 0 Å². The van der Waals surface area contributed by atoms with Crippen LogP contribution in [0.25, 0.3) is 16.8 Å². The fourth-order valence-electron chi connectivity index (χ4n) is 2.18. The summed E-state index contributed by atoms with van der Waals surface area (Å²) in [5.74, 6) is -0.287. The minimum Gasteiger partial charge on any atom is -0.359 e. The average Bonchev–Trinajstić information content (AvgIpc) is 3.07. The Bertz CT molecular complexity index is 971. The quantitative estimate of drug-likeness (QED) is 0.533. The number of anilines is 1. The molecule has 1 N–H and O–H groups in total. The van der Waals surface area contributed by atoms with Gasteiger partial charge in [0.1, 0.15) is 22.5 Å². The van der Waals surface area contributed by atoms with Gasteiger partial charge in [-0.05, 0) is 64.8 Å². The Labute approximate surface area is 157 Å². The summed E-state index contributed by atoms with van der Waals surface area (Å²) in [5, 5.41) is 15.0. The lowest BCUT2D eigenvalue weighted by atomic mass is 10.2. The smallest absolute Gasteiger partial charge is 0.136 e. The topological polar surface area (TPSA) is 48.7 Å². The molecule has 2 aromatic carbocycles. The molecule has 0 fully saturated rings. The molecular formula is C19H13BrFN3S. The van der Waals surface area contributed by atoms with Crippen LogP contribution in [0.2, 0.25) is 0 Å². The van der Waals surface area contributed by atoms with Gasteiger partial charge < -0.3 is 5.32 Å². The highest BCUT2D eigenvalue weighted by atomic mass is 79.9. The second-order valence-corrected chi connectivity index (χ2v) is 7.05. The molecule has 0 amide bonds. The van der Waals surface area contributed by atoms with E-state index < -0.39 is 0 Å². The molecule has 0 saturated heterocycles. The number of hydrogen-bond acceptors (Lipinski definition) is 4. The van der Waals surface area contributed by atoms with Crippen molar-refractivity contribution in [1.29, 1.82) is 5.26 Å². The van der Waals surface area contributed by atoms with Gasteiger partial charge in [0.2, 0.25) is 0 Å². The van der Waals surface area contributed by atoms with Crippen molar-refractivity contribution in [3.05, 3.63) is 74.9 Å². The van der Waals surface area contributed by atoms with Gasteiger partial charge in [-0.3, -0.25) is 0 Å². The van der Waals surface area contributed by atoms with Gasteiger partial charge in [-0.25, -0.2) is 9.37 Å². The van der Waals surface area contributed by atoms with Crippen LogP contribution in [0.1, 0.15) is 10.6 Å². The summed E-state index contributed by atoms with van der Waals surface area (Å²) in [5.41, 5.74) is 3.98. The maximum absolute atomic E-state index is 13.0. The summed E-state index contributed by atoms with van der Waals surface area (Å²) in [6.07, 6.45) is 1.64. The third-order valence-corrected chi connectivity index (χ3v) is 5.02. The lowest BCUT2D eigenvalue weighted by Crippen LogP contribution is -1.92.